The molecule has 0 unspecified atom stereocenters. The number of fused-ring (bicyclic) bond motifs is 1. The first-order valence-electron chi connectivity index (χ1n) is 9.54. The summed E-state index contributed by atoms with van der Waals surface area (Å²) in [5.41, 5.74) is 6.96. The zero-order valence-electron chi connectivity index (χ0n) is 15.5. The predicted molar refractivity (Wildman–Crippen MR) is 103 cm³/mol. The number of aryl methyl sites for hydroxylation is 2. The van der Waals surface area contributed by atoms with Gasteiger partial charge in [-0.2, -0.15) is 0 Å². The van der Waals surface area contributed by atoms with E-state index in [-0.39, 0.29) is 5.91 Å². The van der Waals surface area contributed by atoms with E-state index in [4.69, 9.17) is 4.52 Å². The van der Waals surface area contributed by atoms with Gasteiger partial charge in [0.1, 0.15) is 11.3 Å². The number of carbonyl (C=O) groups is 1. The summed E-state index contributed by atoms with van der Waals surface area (Å²) in [6.45, 7) is 4.25. The van der Waals surface area contributed by atoms with E-state index in [1.807, 2.05) is 0 Å². The molecule has 0 saturated carbocycles. The molecule has 1 amide bonds. The Morgan fingerprint density at radius 2 is 1.63 bits per heavy atom. The number of benzene rings is 2. The van der Waals surface area contributed by atoms with Crippen molar-refractivity contribution in [2.24, 2.45) is 5.92 Å². The highest BCUT2D eigenvalue weighted by Crippen LogP contribution is 2.55. The fraction of sp³-hybridized carbons (Fsp3) is 0.304. The maximum absolute atomic E-state index is 12.7. The Kier molecular flexibility index (Phi) is 3.67. The van der Waals surface area contributed by atoms with Crippen LogP contribution in [0.1, 0.15) is 62.3 Å². The van der Waals surface area contributed by atoms with Crippen LogP contribution < -0.4 is 5.32 Å². The van der Waals surface area contributed by atoms with Gasteiger partial charge in [-0.25, -0.2) is 0 Å². The van der Waals surface area contributed by atoms with Gasteiger partial charge in [-0.15, -0.1) is 0 Å². The van der Waals surface area contributed by atoms with Crippen LogP contribution >= 0.6 is 0 Å². The van der Waals surface area contributed by atoms with Crippen molar-refractivity contribution in [1.29, 1.82) is 0 Å². The van der Waals surface area contributed by atoms with E-state index in [1.54, 1.807) is 13.8 Å². The highest BCUT2D eigenvalue weighted by molar-refractivity contribution is 5.96. The standard InChI is InChI=1S/C23H22N2O2/c1-13-21(14(2)27-25-13)23(26)24-12-15-11-20-16-7-3-5-9-18(16)22(15)19-10-6-4-8-17(19)20/h3-10,15,20,22H,11-12H2,1-2H3,(H,24,26)/t15-,20?,22?/m0/s1. The molecule has 1 atom stereocenters. The Morgan fingerprint density at radius 3 is 2.19 bits per heavy atom. The molecule has 1 heterocycles. The smallest absolute Gasteiger partial charge is 0.256 e. The second-order valence-corrected chi connectivity index (χ2v) is 7.69. The van der Waals surface area contributed by atoms with Gasteiger partial charge in [0.05, 0.1) is 5.69 Å². The van der Waals surface area contributed by atoms with Gasteiger partial charge in [0.25, 0.3) is 5.91 Å². The molecule has 136 valence electrons. The van der Waals surface area contributed by atoms with Crippen molar-refractivity contribution in [1.82, 2.24) is 10.5 Å². The van der Waals surface area contributed by atoms with Gasteiger partial charge in [-0.05, 0) is 48.4 Å². The van der Waals surface area contributed by atoms with Crippen LogP contribution in [0.4, 0.5) is 0 Å². The van der Waals surface area contributed by atoms with Gasteiger partial charge < -0.3 is 9.84 Å². The van der Waals surface area contributed by atoms with Crippen molar-refractivity contribution >= 4 is 5.91 Å². The molecule has 1 aromatic heterocycles. The lowest BCUT2D eigenvalue weighted by Crippen LogP contribution is -2.39. The average molecular weight is 358 g/mol. The van der Waals surface area contributed by atoms with E-state index in [0.717, 1.165) is 6.42 Å². The number of amides is 1. The topological polar surface area (TPSA) is 55.1 Å². The number of carbonyl (C=O) groups excluding carboxylic acids is 1. The van der Waals surface area contributed by atoms with Crippen molar-refractivity contribution < 1.29 is 9.32 Å². The molecule has 2 bridgehead atoms. The van der Waals surface area contributed by atoms with Crippen LogP contribution in [0, 0.1) is 19.8 Å². The van der Waals surface area contributed by atoms with Gasteiger partial charge in [0.2, 0.25) is 0 Å². The number of aromatic nitrogens is 1. The second-order valence-electron chi connectivity index (χ2n) is 7.69. The molecular weight excluding hydrogens is 336 g/mol. The SMILES string of the molecule is Cc1noc(C)c1C(=O)NC[C@@H]1CC2c3ccccc3C1c1ccccc12. The van der Waals surface area contributed by atoms with Gasteiger partial charge in [0.15, 0.2) is 0 Å². The Hall–Kier alpha value is -2.88. The molecular formula is C23H22N2O2. The zero-order valence-corrected chi connectivity index (χ0v) is 15.5. The maximum atomic E-state index is 12.7. The lowest BCUT2D eigenvalue weighted by Gasteiger charge is -2.45. The van der Waals surface area contributed by atoms with E-state index in [2.05, 4.69) is 59.0 Å². The van der Waals surface area contributed by atoms with Crippen LogP contribution in [0.15, 0.2) is 53.1 Å². The van der Waals surface area contributed by atoms with E-state index in [1.165, 1.54) is 22.3 Å². The van der Waals surface area contributed by atoms with Crippen LogP contribution in [-0.4, -0.2) is 17.6 Å². The summed E-state index contributed by atoms with van der Waals surface area (Å²) in [5, 5.41) is 7.04. The fourth-order valence-electron chi connectivity index (χ4n) is 5.08. The molecule has 0 fully saturated rings. The predicted octanol–water partition coefficient (Wildman–Crippen LogP) is 4.32. The van der Waals surface area contributed by atoms with E-state index < -0.39 is 0 Å². The number of hydrogen-bond donors (Lipinski definition) is 1. The number of rotatable bonds is 3. The summed E-state index contributed by atoms with van der Waals surface area (Å²) in [7, 11) is 0. The Balaban J connectivity index is 1.45. The van der Waals surface area contributed by atoms with Crippen molar-refractivity contribution in [2.75, 3.05) is 6.54 Å². The van der Waals surface area contributed by atoms with Crippen molar-refractivity contribution in [3.8, 4) is 0 Å². The molecule has 4 heteroatoms. The molecule has 0 saturated heterocycles. The molecule has 3 aromatic rings. The third kappa shape index (κ3) is 2.43. The fourth-order valence-corrected chi connectivity index (χ4v) is 5.08. The summed E-state index contributed by atoms with van der Waals surface area (Å²) in [4.78, 5) is 12.7. The summed E-state index contributed by atoms with van der Waals surface area (Å²) >= 11 is 0. The lowest BCUT2D eigenvalue weighted by molar-refractivity contribution is 0.0941. The first-order chi connectivity index (χ1) is 13.1. The maximum Gasteiger partial charge on any atom is 0.256 e. The van der Waals surface area contributed by atoms with Crippen LogP contribution in [0.3, 0.4) is 0 Å². The molecule has 27 heavy (non-hydrogen) atoms. The van der Waals surface area contributed by atoms with E-state index >= 15 is 0 Å². The molecule has 2 aromatic carbocycles. The molecule has 1 N–H and O–H groups in total. The molecule has 3 aliphatic carbocycles. The van der Waals surface area contributed by atoms with Crippen LogP contribution in [-0.2, 0) is 0 Å². The highest BCUT2D eigenvalue weighted by Gasteiger charge is 2.42. The molecule has 0 aliphatic heterocycles. The summed E-state index contributed by atoms with van der Waals surface area (Å²) in [5.74, 6) is 1.64. The van der Waals surface area contributed by atoms with Crippen LogP contribution in [0.2, 0.25) is 0 Å². The first kappa shape index (κ1) is 16.3. The monoisotopic (exact) mass is 358 g/mol. The minimum absolute atomic E-state index is 0.0886. The highest BCUT2D eigenvalue weighted by atomic mass is 16.5. The van der Waals surface area contributed by atoms with Gasteiger partial charge in [0, 0.05) is 18.4 Å². The summed E-state index contributed by atoms with van der Waals surface area (Å²) in [6, 6.07) is 17.6. The average Bonchev–Trinajstić information content (AvgIpc) is 3.04. The minimum Gasteiger partial charge on any atom is -0.361 e. The largest absolute Gasteiger partial charge is 0.361 e. The molecule has 0 radical (unpaired) electrons. The third-order valence-electron chi connectivity index (χ3n) is 6.21. The Morgan fingerprint density at radius 1 is 1.04 bits per heavy atom. The quantitative estimate of drug-likeness (QED) is 0.759. The van der Waals surface area contributed by atoms with Crippen molar-refractivity contribution in [3.05, 3.63) is 87.8 Å². The molecule has 4 nitrogen and oxygen atoms in total. The Bertz CT molecular complexity index is 969. The number of nitrogens with zero attached hydrogens (tertiary/aromatic N) is 1. The Labute approximate surface area is 158 Å². The number of nitrogens with one attached hydrogen (secondary N) is 1. The van der Waals surface area contributed by atoms with E-state index in [9.17, 15) is 4.79 Å². The molecule has 0 spiro atoms. The van der Waals surface area contributed by atoms with Crippen molar-refractivity contribution in [3.63, 3.8) is 0 Å². The second kappa shape index (κ2) is 6.08. The third-order valence-corrected chi connectivity index (χ3v) is 6.21. The van der Waals surface area contributed by atoms with E-state index in [0.29, 0.717) is 41.3 Å². The normalized spacial score (nSPS) is 22.2. The van der Waals surface area contributed by atoms with Gasteiger partial charge in [-0.3, -0.25) is 4.79 Å². The number of hydrogen-bond acceptors (Lipinski definition) is 3. The van der Waals surface area contributed by atoms with Gasteiger partial charge in [-0.1, -0.05) is 53.7 Å². The van der Waals surface area contributed by atoms with Gasteiger partial charge >= 0.3 is 0 Å². The summed E-state index contributed by atoms with van der Waals surface area (Å²) in [6.07, 6.45) is 1.07. The first-order valence-corrected chi connectivity index (χ1v) is 9.54. The minimum atomic E-state index is -0.0886. The molecule has 3 aliphatic rings. The molecule has 6 rings (SSSR count). The zero-order chi connectivity index (χ0) is 18.5. The van der Waals surface area contributed by atoms with Crippen LogP contribution in [0.25, 0.3) is 0 Å². The summed E-state index contributed by atoms with van der Waals surface area (Å²) < 4.78 is 5.14. The van der Waals surface area contributed by atoms with Crippen molar-refractivity contribution in [2.45, 2.75) is 32.1 Å². The lowest BCUT2D eigenvalue weighted by atomic mass is 9.59. The van der Waals surface area contributed by atoms with Crippen LogP contribution in [0.5, 0.6) is 0 Å².